The SMILES string of the molecule is COC(=O)CC1NCCCC1C. The van der Waals surface area contributed by atoms with E-state index in [1.807, 2.05) is 0 Å². The van der Waals surface area contributed by atoms with Crippen molar-refractivity contribution < 1.29 is 9.53 Å². The molecule has 1 heterocycles. The minimum Gasteiger partial charge on any atom is -0.469 e. The van der Waals surface area contributed by atoms with Gasteiger partial charge >= 0.3 is 5.97 Å². The van der Waals surface area contributed by atoms with Crippen molar-refractivity contribution in [3.8, 4) is 0 Å². The van der Waals surface area contributed by atoms with Crippen LogP contribution in [0, 0.1) is 5.92 Å². The molecule has 0 aromatic rings. The van der Waals surface area contributed by atoms with Crippen molar-refractivity contribution in [1.29, 1.82) is 0 Å². The minimum absolute atomic E-state index is 0.110. The second kappa shape index (κ2) is 4.45. The van der Waals surface area contributed by atoms with E-state index in [2.05, 4.69) is 17.0 Å². The summed E-state index contributed by atoms with van der Waals surface area (Å²) >= 11 is 0. The second-order valence-electron chi connectivity index (χ2n) is 3.46. The lowest BCUT2D eigenvalue weighted by Gasteiger charge is -2.29. The van der Waals surface area contributed by atoms with E-state index in [0.29, 0.717) is 18.4 Å². The van der Waals surface area contributed by atoms with Crippen molar-refractivity contribution in [2.75, 3.05) is 13.7 Å². The summed E-state index contributed by atoms with van der Waals surface area (Å²) in [6.45, 7) is 3.21. The summed E-state index contributed by atoms with van der Waals surface area (Å²) in [4.78, 5) is 11.0. The third kappa shape index (κ3) is 2.48. The third-order valence-corrected chi connectivity index (χ3v) is 2.54. The van der Waals surface area contributed by atoms with Crippen LogP contribution in [-0.4, -0.2) is 25.7 Å². The minimum atomic E-state index is -0.110. The zero-order valence-electron chi connectivity index (χ0n) is 7.80. The summed E-state index contributed by atoms with van der Waals surface area (Å²) in [5.74, 6) is 0.485. The molecule has 1 rings (SSSR count). The summed E-state index contributed by atoms with van der Waals surface area (Å²) in [5.41, 5.74) is 0. The molecule has 0 amide bonds. The average Bonchev–Trinajstić information content (AvgIpc) is 2.09. The van der Waals surface area contributed by atoms with Crippen LogP contribution in [0.5, 0.6) is 0 Å². The topological polar surface area (TPSA) is 38.3 Å². The molecule has 0 aromatic heterocycles. The van der Waals surface area contributed by atoms with E-state index in [0.717, 1.165) is 6.54 Å². The summed E-state index contributed by atoms with van der Waals surface area (Å²) < 4.78 is 4.62. The van der Waals surface area contributed by atoms with Crippen LogP contribution in [0.25, 0.3) is 0 Å². The third-order valence-electron chi connectivity index (χ3n) is 2.54. The number of hydrogen-bond acceptors (Lipinski definition) is 3. The molecule has 12 heavy (non-hydrogen) atoms. The molecule has 70 valence electrons. The highest BCUT2D eigenvalue weighted by molar-refractivity contribution is 5.69. The first-order valence-corrected chi connectivity index (χ1v) is 4.54. The molecule has 1 saturated heterocycles. The fourth-order valence-electron chi connectivity index (χ4n) is 1.65. The Kier molecular flexibility index (Phi) is 3.53. The van der Waals surface area contributed by atoms with Crippen molar-refractivity contribution in [2.45, 2.75) is 32.2 Å². The average molecular weight is 171 g/mol. The smallest absolute Gasteiger partial charge is 0.307 e. The number of rotatable bonds is 2. The number of carbonyl (C=O) groups is 1. The Morgan fingerprint density at radius 2 is 2.42 bits per heavy atom. The lowest BCUT2D eigenvalue weighted by atomic mass is 9.91. The molecular formula is C9H17NO2. The van der Waals surface area contributed by atoms with Gasteiger partial charge in [-0.3, -0.25) is 4.79 Å². The Morgan fingerprint density at radius 1 is 1.67 bits per heavy atom. The van der Waals surface area contributed by atoms with Crippen LogP contribution in [0.3, 0.4) is 0 Å². The van der Waals surface area contributed by atoms with Crippen LogP contribution in [0.4, 0.5) is 0 Å². The zero-order valence-corrected chi connectivity index (χ0v) is 7.80. The number of carbonyl (C=O) groups excluding carboxylic acids is 1. The molecule has 0 spiro atoms. The molecule has 0 saturated carbocycles. The Hall–Kier alpha value is -0.570. The molecule has 1 aliphatic heterocycles. The van der Waals surface area contributed by atoms with Crippen molar-refractivity contribution in [3.63, 3.8) is 0 Å². The van der Waals surface area contributed by atoms with E-state index in [-0.39, 0.29) is 5.97 Å². The van der Waals surface area contributed by atoms with Crippen LogP contribution < -0.4 is 5.32 Å². The number of nitrogens with one attached hydrogen (secondary N) is 1. The van der Waals surface area contributed by atoms with E-state index in [1.54, 1.807) is 0 Å². The van der Waals surface area contributed by atoms with Crippen LogP contribution in [0.2, 0.25) is 0 Å². The first-order valence-electron chi connectivity index (χ1n) is 4.54. The highest BCUT2D eigenvalue weighted by Crippen LogP contribution is 2.17. The largest absolute Gasteiger partial charge is 0.469 e. The van der Waals surface area contributed by atoms with Crippen molar-refractivity contribution >= 4 is 5.97 Å². The number of hydrogen-bond donors (Lipinski definition) is 1. The molecule has 3 heteroatoms. The maximum absolute atomic E-state index is 11.0. The predicted molar refractivity (Wildman–Crippen MR) is 46.8 cm³/mol. The van der Waals surface area contributed by atoms with Crippen molar-refractivity contribution in [1.82, 2.24) is 5.32 Å². The molecule has 0 aromatic carbocycles. The highest BCUT2D eigenvalue weighted by atomic mass is 16.5. The van der Waals surface area contributed by atoms with Crippen LogP contribution in [0.1, 0.15) is 26.2 Å². The molecule has 3 nitrogen and oxygen atoms in total. The molecule has 2 unspecified atom stereocenters. The maximum atomic E-state index is 11.0. The first-order chi connectivity index (χ1) is 5.74. The fourth-order valence-corrected chi connectivity index (χ4v) is 1.65. The van der Waals surface area contributed by atoms with Gasteiger partial charge in [0.25, 0.3) is 0 Å². The Morgan fingerprint density at radius 3 is 3.00 bits per heavy atom. The lowest BCUT2D eigenvalue weighted by Crippen LogP contribution is -2.41. The Labute approximate surface area is 73.5 Å². The van der Waals surface area contributed by atoms with E-state index < -0.39 is 0 Å². The normalized spacial score (nSPS) is 29.8. The number of esters is 1. The van der Waals surface area contributed by atoms with Gasteiger partial charge in [-0.15, -0.1) is 0 Å². The summed E-state index contributed by atoms with van der Waals surface area (Å²) in [5, 5.41) is 3.33. The maximum Gasteiger partial charge on any atom is 0.307 e. The summed E-state index contributed by atoms with van der Waals surface area (Å²) in [6, 6.07) is 0.325. The van der Waals surface area contributed by atoms with Crippen LogP contribution >= 0.6 is 0 Å². The number of methoxy groups -OCH3 is 1. The van der Waals surface area contributed by atoms with Gasteiger partial charge in [-0.25, -0.2) is 0 Å². The fraction of sp³-hybridized carbons (Fsp3) is 0.889. The van der Waals surface area contributed by atoms with Gasteiger partial charge in [0.2, 0.25) is 0 Å². The van der Waals surface area contributed by atoms with E-state index >= 15 is 0 Å². The second-order valence-corrected chi connectivity index (χ2v) is 3.46. The molecule has 2 atom stereocenters. The van der Waals surface area contributed by atoms with E-state index in [4.69, 9.17) is 0 Å². The van der Waals surface area contributed by atoms with Gasteiger partial charge in [-0.05, 0) is 25.3 Å². The van der Waals surface area contributed by atoms with Crippen molar-refractivity contribution in [2.24, 2.45) is 5.92 Å². The molecule has 0 radical (unpaired) electrons. The molecular weight excluding hydrogens is 154 g/mol. The monoisotopic (exact) mass is 171 g/mol. The van der Waals surface area contributed by atoms with E-state index in [9.17, 15) is 4.79 Å². The number of piperidine rings is 1. The zero-order chi connectivity index (χ0) is 8.97. The molecule has 1 aliphatic rings. The quantitative estimate of drug-likeness (QED) is 0.628. The van der Waals surface area contributed by atoms with Gasteiger partial charge in [0, 0.05) is 6.04 Å². The van der Waals surface area contributed by atoms with E-state index in [1.165, 1.54) is 20.0 Å². The standard InChI is InChI=1S/C9H17NO2/c1-7-4-3-5-10-8(7)6-9(11)12-2/h7-8,10H,3-6H2,1-2H3. The van der Waals surface area contributed by atoms with Gasteiger partial charge in [-0.1, -0.05) is 6.92 Å². The van der Waals surface area contributed by atoms with Gasteiger partial charge < -0.3 is 10.1 Å². The highest BCUT2D eigenvalue weighted by Gasteiger charge is 2.23. The Balaban J connectivity index is 2.33. The van der Waals surface area contributed by atoms with Gasteiger partial charge in [0.15, 0.2) is 0 Å². The molecule has 1 N–H and O–H groups in total. The molecule has 0 bridgehead atoms. The predicted octanol–water partition coefficient (Wildman–Crippen LogP) is 0.938. The summed E-state index contributed by atoms with van der Waals surface area (Å²) in [7, 11) is 1.44. The summed E-state index contributed by atoms with van der Waals surface area (Å²) in [6.07, 6.45) is 2.95. The van der Waals surface area contributed by atoms with Crippen LogP contribution in [-0.2, 0) is 9.53 Å². The van der Waals surface area contributed by atoms with Gasteiger partial charge in [0.05, 0.1) is 13.5 Å². The van der Waals surface area contributed by atoms with Crippen molar-refractivity contribution in [3.05, 3.63) is 0 Å². The lowest BCUT2D eigenvalue weighted by molar-refractivity contribution is -0.141. The van der Waals surface area contributed by atoms with Crippen LogP contribution in [0.15, 0.2) is 0 Å². The van der Waals surface area contributed by atoms with Gasteiger partial charge in [0.1, 0.15) is 0 Å². The molecule has 0 aliphatic carbocycles. The number of ether oxygens (including phenoxy) is 1. The molecule has 1 fully saturated rings. The first kappa shape index (κ1) is 9.52. The Bertz CT molecular complexity index is 159. The van der Waals surface area contributed by atoms with Gasteiger partial charge in [-0.2, -0.15) is 0 Å².